The van der Waals surface area contributed by atoms with Crippen LogP contribution in [0.4, 0.5) is 0 Å². The molecule has 0 aromatic rings. The van der Waals surface area contributed by atoms with Gasteiger partial charge in [0.2, 0.25) is 0 Å². The Morgan fingerprint density at radius 1 is 0.509 bits per heavy atom. The van der Waals surface area contributed by atoms with Gasteiger partial charge in [-0.1, -0.05) is 123 Å². The van der Waals surface area contributed by atoms with Gasteiger partial charge in [0.15, 0.2) is 0 Å². The molecule has 4 atom stereocenters. The third kappa shape index (κ3) is 28.5. The zero-order valence-electron chi connectivity index (χ0n) is 34.1. The Labute approximate surface area is 321 Å². The minimum atomic E-state index is -1.06. The first kappa shape index (κ1) is 50.4. The number of hydrogen-bond donors (Lipinski definition) is 3. The first-order valence-corrected chi connectivity index (χ1v) is 20.2. The van der Waals surface area contributed by atoms with Gasteiger partial charge in [0.25, 0.3) is 0 Å². The molecular formula is C42H76N2O9. The van der Waals surface area contributed by atoms with E-state index in [1.165, 1.54) is 97.3 Å². The highest BCUT2D eigenvalue weighted by Gasteiger charge is 2.25. The fourth-order valence-corrected chi connectivity index (χ4v) is 5.95. The molecular weight excluding hydrogens is 676 g/mol. The van der Waals surface area contributed by atoms with Crippen LogP contribution >= 0.6 is 0 Å². The van der Waals surface area contributed by atoms with Gasteiger partial charge < -0.3 is 29.5 Å². The second kappa shape index (κ2) is 31.7. The van der Waals surface area contributed by atoms with Crippen LogP contribution in [0.5, 0.6) is 0 Å². The number of carbonyl (C=O) groups is 3. The summed E-state index contributed by atoms with van der Waals surface area (Å²) in [6.45, 7) is 20.3. The lowest BCUT2D eigenvalue weighted by atomic mass is 10.0. The Kier molecular flexibility index (Phi) is 30.2. The van der Waals surface area contributed by atoms with Crippen LogP contribution in [0.1, 0.15) is 137 Å². The van der Waals surface area contributed by atoms with Crippen LogP contribution in [-0.4, -0.2) is 120 Å². The zero-order chi connectivity index (χ0) is 40.0. The molecule has 0 fully saturated rings. The quantitative estimate of drug-likeness (QED) is 0.0276. The molecule has 0 saturated heterocycles. The molecule has 11 nitrogen and oxygen atoms in total. The summed E-state index contributed by atoms with van der Waals surface area (Å²) in [6, 6.07) is -0.251. The number of carbonyl (C=O) groups excluding carboxylic acids is 3. The normalized spacial score (nSPS) is 13.7. The van der Waals surface area contributed by atoms with E-state index in [1.54, 1.807) is 6.92 Å². The van der Waals surface area contributed by atoms with Crippen molar-refractivity contribution in [3.8, 4) is 0 Å². The van der Waals surface area contributed by atoms with E-state index in [1.807, 2.05) is 11.8 Å². The maximum Gasteiger partial charge on any atom is 0.333 e. The highest BCUT2D eigenvalue weighted by atomic mass is 16.5. The topological polar surface area (TPSA) is 146 Å². The summed E-state index contributed by atoms with van der Waals surface area (Å²) < 4.78 is 15.5. The Morgan fingerprint density at radius 3 is 1.13 bits per heavy atom. The monoisotopic (exact) mass is 753 g/mol. The fraction of sp³-hybridized carbons (Fsp3) is 0.786. The molecule has 0 bridgehead atoms. The van der Waals surface area contributed by atoms with Gasteiger partial charge in [-0.2, -0.15) is 0 Å². The van der Waals surface area contributed by atoms with Crippen molar-refractivity contribution in [1.82, 2.24) is 9.80 Å². The van der Waals surface area contributed by atoms with E-state index in [-0.39, 0.29) is 62.2 Å². The predicted molar refractivity (Wildman–Crippen MR) is 212 cm³/mol. The van der Waals surface area contributed by atoms with Crippen molar-refractivity contribution < 1.29 is 43.9 Å². The lowest BCUT2D eigenvalue weighted by molar-refractivity contribution is -0.144. The number of rotatable bonds is 35. The number of aliphatic hydroxyl groups is 3. The predicted octanol–water partition coefficient (Wildman–Crippen LogP) is 6.68. The highest BCUT2D eigenvalue weighted by Crippen LogP contribution is 2.15. The molecule has 0 spiro atoms. The molecule has 0 aromatic carbocycles. The Bertz CT molecular complexity index is 1010. The highest BCUT2D eigenvalue weighted by molar-refractivity contribution is 5.87. The van der Waals surface area contributed by atoms with Crippen molar-refractivity contribution >= 4 is 17.9 Å². The molecule has 4 unspecified atom stereocenters. The largest absolute Gasteiger partial charge is 0.460 e. The number of nitrogens with zero attached hydrogens (tertiary/aromatic N) is 2. The summed E-state index contributed by atoms with van der Waals surface area (Å²) in [5.41, 5.74) is 0.690. The van der Waals surface area contributed by atoms with Gasteiger partial charge in [-0.05, 0) is 40.7 Å². The smallest absolute Gasteiger partial charge is 0.333 e. The fourth-order valence-electron chi connectivity index (χ4n) is 5.95. The third-order valence-corrected chi connectivity index (χ3v) is 9.10. The minimum absolute atomic E-state index is 0.0573. The van der Waals surface area contributed by atoms with E-state index in [2.05, 4.69) is 31.6 Å². The molecule has 0 rings (SSSR count). The molecule has 0 aliphatic rings. The lowest BCUT2D eigenvalue weighted by Crippen LogP contribution is -2.50. The Hall–Kier alpha value is -2.57. The van der Waals surface area contributed by atoms with E-state index in [9.17, 15) is 29.7 Å². The van der Waals surface area contributed by atoms with Gasteiger partial charge in [0.1, 0.15) is 38.1 Å². The van der Waals surface area contributed by atoms with Gasteiger partial charge in [-0.25, -0.2) is 14.4 Å². The molecule has 3 N–H and O–H groups in total. The van der Waals surface area contributed by atoms with Gasteiger partial charge in [-0.3, -0.25) is 9.80 Å². The van der Waals surface area contributed by atoms with E-state index >= 15 is 0 Å². The number of aliphatic hydroxyl groups excluding tert-OH is 3. The number of hydrogen-bond acceptors (Lipinski definition) is 11. The molecule has 0 heterocycles. The van der Waals surface area contributed by atoms with Gasteiger partial charge in [0, 0.05) is 48.9 Å². The number of ether oxygens (including phenoxy) is 3. The summed E-state index contributed by atoms with van der Waals surface area (Å²) in [6.07, 6.45) is 17.3. The molecule has 0 aliphatic heterocycles. The molecule has 0 aliphatic carbocycles. The first-order valence-electron chi connectivity index (χ1n) is 20.2. The van der Waals surface area contributed by atoms with Gasteiger partial charge in [0.05, 0.1) is 0 Å². The molecule has 0 aromatic heterocycles. The van der Waals surface area contributed by atoms with E-state index in [4.69, 9.17) is 14.2 Å². The molecule has 53 heavy (non-hydrogen) atoms. The van der Waals surface area contributed by atoms with Crippen LogP contribution in [0.15, 0.2) is 36.5 Å². The van der Waals surface area contributed by atoms with Gasteiger partial charge in [-0.15, -0.1) is 0 Å². The van der Waals surface area contributed by atoms with E-state index in [0.29, 0.717) is 13.1 Å². The van der Waals surface area contributed by atoms with Crippen molar-refractivity contribution in [2.45, 2.75) is 162 Å². The average molecular weight is 753 g/mol. The molecule has 0 saturated carbocycles. The second-order valence-electron chi connectivity index (χ2n) is 15.0. The lowest BCUT2D eigenvalue weighted by Gasteiger charge is -2.36. The van der Waals surface area contributed by atoms with Crippen LogP contribution in [0.25, 0.3) is 0 Å². The maximum absolute atomic E-state index is 11.9. The molecule has 0 amide bonds. The van der Waals surface area contributed by atoms with E-state index < -0.39 is 36.2 Å². The summed E-state index contributed by atoms with van der Waals surface area (Å²) >= 11 is 0. The van der Waals surface area contributed by atoms with Crippen LogP contribution in [-0.2, 0) is 28.6 Å². The van der Waals surface area contributed by atoms with Crippen LogP contribution in [0.3, 0.4) is 0 Å². The third-order valence-electron chi connectivity index (χ3n) is 9.10. The molecule has 308 valence electrons. The van der Waals surface area contributed by atoms with Crippen LogP contribution in [0.2, 0.25) is 0 Å². The van der Waals surface area contributed by atoms with Gasteiger partial charge >= 0.3 is 17.9 Å². The SMILES string of the molecule is C=C(C)C(=O)OCC(O)CN(CCCCCCCCCCCCCCCCCC)CC(C)N(CC(O)COC(=O)C(=C)C)CC(O)COC(=O)C(=C)C. The number of esters is 3. The Balaban J connectivity index is 5.18. The molecule has 11 heteroatoms. The Morgan fingerprint density at radius 2 is 0.811 bits per heavy atom. The summed E-state index contributed by atoms with van der Waals surface area (Å²) in [5.74, 6) is -1.78. The standard InChI is InChI=1S/C42H76N2O9/c1-9-10-11-12-13-14-15-16-17-18-19-20-21-22-23-24-25-43(27-37(45)30-51-40(48)33(2)3)26-36(8)44(28-38(46)31-52-41(49)34(4)5)29-39(47)32-53-42(50)35(6)7/h36-39,45-47H,2,4,6,9-32H2,1,3,5,7-8H3. The number of unbranched alkanes of at least 4 members (excludes halogenated alkanes) is 15. The maximum atomic E-state index is 11.9. The minimum Gasteiger partial charge on any atom is -0.460 e. The van der Waals surface area contributed by atoms with Crippen LogP contribution < -0.4 is 0 Å². The zero-order valence-corrected chi connectivity index (χ0v) is 34.1. The average Bonchev–Trinajstić information content (AvgIpc) is 3.10. The summed E-state index contributed by atoms with van der Waals surface area (Å²) in [7, 11) is 0. The van der Waals surface area contributed by atoms with Crippen molar-refractivity contribution in [3.63, 3.8) is 0 Å². The summed E-state index contributed by atoms with van der Waals surface area (Å²) in [5, 5.41) is 32.4. The van der Waals surface area contributed by atoms with Crippen molar-refractivity contribution in [2.75, 3.05) is 52.5 Å². The van der Waals surface area contributed by atoms with Crippen molar-refractivity contribution in [2.24, 2.45) is 0 Å². The van der Waals surface area contributed by atoms with Crippen molar-refractivity contribution in [1.29, 1.82) is 0 Å². The molecule has 0 radical (unpaired) electrons. The van der Waals surface area contributed by atoms with E-state index in [0.717, 1.165) is 19.3 Å². The van der Waals surface area contributed by atoms with Crippen LogP contribution in [0, 0.1) is 0 Å². The second-order valence-corrected chi connectivity index (χ2v) is 15.0. The van der Waals surface area contributed by atoms with Crippen molar-refractivity contribution in [3.05, 3.63) is 36.5 Å². The first-order chi connectivity index (χ1) is 25.2. The summed E-state index contributed by atoms with van der Waals surface area (Å²) in [4.78, 5) is 39.7.